The number of hydrogen-bond donors (Lipinski definition) is 1. The molecule has 0 unspecified atom stereocenters. The predicted molar refractivity (Wildman–Crippen MR) is 118 cm³/mol. The zero-order valence-corrected chi connectivity index (χ0v) is 17.7. The van der Waals surface area contributed by atoms with Crippen LogP contribution in [0.3, 0.4) is 0 Å². The molecule has 3 aromatic rings. The van der Waals surface area contributed by atoms with Crippen molar-refractivity contribution in [2.45, 2.75) is 20.4 Å². The molecule has 1 fully saturated rings. The first-order chi connectivity index (χ1) is 14.9. The molecule has 0 aliphatic carbocycles. The van der Waals surface area contributed by atoms with Crippen LogP contribution in [0, 0.1) is 13.8 Å². The SMILES string of the molecule is Cc1cc(C)cc(NC(=O)Cn2cc(C(=O)C(=O)N3CCOCC3)c3ccccc32)c1. The van der Waals surface area contributed by atoms with Crippen molar-refractivity contribution in [3.05, 3.63) is 65.4 Å². The Morgan fingerprint density at radius 2 is 1.68 bits per heavy atom. The Kier molecular flexibility index (Phi) is 5.86. The molecule has 2 aromatic carbocycles. The van der Waals surface area contributed by atoms with Crippen molar-refractivity contribution in [3.63, 3.8) is 0 Å². The number of aryl methyl sites for hydroxylation is 2. The number of morpholine rings is 1. The van der Waals surface area contributed by atoms with Crippen LogP contribution in [0.4, 0.5) is 5.69 Å². The summed E-state index contributed by atoms with van der Waals surface area (Å²) in [6.45, 7) is 5.66. The number of nitrogens with one attached hydrogen (secondary N) is 1. The van der Waals surface area contributed by atoms with Gasteiger partial charge in [-0.25, -0.2) is 0 Å². The van der Waals surface area contributed by atoms with E-state index >= 15 is 0 Å². The summed E-state index contributed by atoms with van der Waals surface area (Å²) >= 11 is 0. The molecule has 4 rings (SSSR count). The molecular formula is C24H25N3O4. The number of ether oxygens (including phenoxy) is 1. The van der Waals surface area contributed by atoms with E-state index in [2.05, 4.69) is 5.32 Å². The summed E-state index contributed by atoms with van der Waals surface area (Å²) in [6, 6.07) is 13.2. The number of aromatic nitrogens is 1. The van der Waals surface area contributed by atoms with E-state index in [0.717, 1.165) is 22.3 Å². The van der Waals surface area contributed by atoms with Gasteiger partial charge in [0.1, 0.15) is 6.54 Å². The average molecular weight is 419 g/mol. The van der Waals surface area contributed by atoms with Crippen molar-refractivity contribution in [1.82, 2.24) is 9.47 Å². The summed E-state index contributed by atoms with van der Waals surface area (Å²) in [5, 5.41) is 3.58. The number of rotatable bonds is 5. The number of ketones is 1. The van der Waals surface area contributed by atoms with Gasteiger partial charge in [-0.1, -0.05) is 24.3 Å². The van der Waals surface area contributed by atoms with E-state index in [1.54, 1.807) is 16.8 Å². The molecule has 0 radical (unpaired) electrons. The van der Waals surface area contributed by atoms with Gasteiger partial charge < -0.3 is 19.5 Å². The fraction of sp³-hybridized carbons (Fsp3) is 0.292. The molecule has 7 heteroatoms. The lowest BCUT2D eigenvalue weighted by atomic mass is 10.1. The number of nitrogens with zero attached hydrogens (tertiary/aromatic N) is 2. The van der Waals surface area contributed by atoms with Gasteiger partial charge in [-0.3, -0.25) is 14.4 Å². The van der Waals surface area contributed by atoms with Crippen molar-refractivity contribution in [1.29, 1.82) is 0 Å². The van der Waals surface area contributed by atoms with Gasteiger partial charge in [0.2, 0.25) is 5.91 Å². The van der Waals surface area contributed by atoms with Gasteiger partial charge in [-0.15, -0.1) is 0 Å². The predicted octanol–water partition coefficient (Wildman–Crippen LogP) is 2.94. The number of fused-ring (bicyclic) bond motifs is 1. The van der Waals surface area contributed by atoms with Gasteiger partial charge >= 0.3 is 0 Å². The van der Waals surface area contributed by atoms with Crippen molar-refractivity contribution < 1.29 is 19.1 Å². The summed E-state index contributed by atoms with van der Waals surface area (Å²) in [7, 11) is 0. The average Bonchev–Trinajstić information content (AvgIpc) is 3.11. The van der Waals surface area contributed by atoms with Crippen molar-refractivity contribution in [3.8, 4) is 0 Å². The first kappa shape index (κ1) is 20.8. The maximum atomic E-state index is 13.0. The van der Waals surface area contributed by atoms with Crippen LogP contribution in [0.25, 0.3) is 10.9 Å². The zero-order chi connectivity index (χ0) is 22.0. The largest absolute Gasteiger partial charge is 0.378 e. The maximum Gasteiger partial charge on any atom is 0.295 e. The number of amides is 2. The lowest BCUT2D eigenvalue weighted by Crippen LogP contribution is -2.44. The Hall–Kier alpha value is -3.45. The molecule has 1 aliphatic rings. The molecule has 1 aliphatic heterocycles. The third-order valence-electron chi connectivity index (χ3n) is 5.35. The van der Waals surface area contributed by atoms with E-state index in [9.17, 15) is 14.4 Å². The summed E-state index contributed by atoms with van der Waals surface area (Å²) in [5.41, 5.74) is 3.91. The minimum absolute atomic E-state index is 0.0343. The lowest BCUT2D eigenvalue weighted by Gasteiger charge is -2.25. The first-order valence-corrected chi connectivity index (χ1v) is 10.3. The van der Waals surface area contributed by atoms with Crippen LogP contribution in [0.15, 0.2) is 48.7 Å². The van der Waals surface area contributed by atoms with Gasteiger partial charge in [0, 0.05) is 35.9 Å². The Balaban J connectivity index is 1.58. The molecule has 1 aromatic heterocycles. The second-order valence-corrected chi connectivity index (χ2v) is 7.85. The van der Waals surface area contributed by atoms with Crippen LogP contribution < -0.4 is 5.32 Å². The second-order valence-electron chi connectivity index (χ2n) is 7.85. The number of anilines is 1. The summed E-state index contributed by atoms with van der Waals surface area (Å²) in [4.78, 5) is 39.9. The van der Waals surface area contributed by atoms with Gasteiger partial charge in [0.05, 0.1) is 18.8 Å². The zero-order valence-electron chi connectivity index (χ0n) is 17.7. The molecule has 0 spiro atoms. The molecule has 7 nitrogen and oxygen atoms in total. The highest BCUT2D eigenvalue weighted by molar-refractivity contribution is 6.44. The second kappa shape index (κ2) is 8.73. The smallest absolute Gasteiger partial charge is 0.295 e. The highest BCUT2D eigenvalue weighted by Crippen LogP contribution is 2.23. The van der Waals surface area contributed by atoms with E-state index in [4.69, 9.17) is 4.74 Å². The van der Waals surface area contributed by atoms with Crippen LogP contribution in [-0.2, 0) is 20.9 Å². The number of para-hydroxylation sites is 1. The molecule has 2 heterocycles. The van der Waals surface area contributed by atoms with Crippen LogP contribution in [0.1, 0.15) is 21.5 Å². The van der Waals surface area contributed by atoms with Crippen molar-refractivity contribution in [2.24, 2.45) is 0 Å². The summed E-state index contributed by atoms with van der Waals surface area (Å²) in [6.07, 6.45) is 1.60. The summed E-state index contributed by atoms with van der Waals surface area (Å²) in [5.74, 6) is -1.30. The number of benzene rings is 2. The van der Waals surface area contributed by atoms with Crippen molar-refractivity contribution >= 4 is 34.2 Å². The first-order valence-electron chi connectivity index (χ1n) is 10.3. The fourth-order valence-electron chi connectivity index (χ4n) is 3.99. The van der Waals surface area contributed by atoms with Crippen LogP contribution in [0.5, 0.6) is 0 Å². The molecule has 0 atom stereocenters. The van der Waals surface area contributed by atoms with E-state index in [-0.39, 0.29) is 12.5 Å². The topological polar surface area (TPSA) is 80.6 Å². The Morgan fingerprint density at radius 3 is 2.39 bits per heavy atom. The van der Waals surface area contributed by atoms with E-state index in [1.165, 1.54) is 4.90 Å². The van der Waals surface area contributed by atoms with Gasteiger partial charge in [-0.2, -0.15) is 0 Å². The maximum absolute atomic E-state index is 13.0. The molecule has 160 valence electrons. The standard InChI is InChI=1S/C24H25N3O4/c1-16-11-17(2)13-18(12-16)25-22(28)15-27-14-20(19-5-3-4-6-21(19)27)23(29)24(30)26-7-9-31-10-8-26/h3-6,11-14H,7-10,15H2,1-2H3,(H,25,28). The highest BCUT2D eigenvalue weighted by Gasteiger charge is 2.27. The third kappa shape index (κ3) is 4.51. The monoisotopic (exact) mass is 419 g/mol. The molecule has 0 bridgehead atoms. The minimum Gasteiger partial charge on any atom is -0.378 e. The molecule has 1 N–H and O–H groups in total. The molecule has 2 amide bonds. The van der Waals surface area contributed by atoms with E-state index in [0.29, 0.717) is 37.3 Å². The van der Waals surface area contributed by atoms with Crippen LogP contribution in [0.2, 0.25) is 0 Å². The van der Waals surface area contributed by atoms with Crippen LogP contribution in [-0.4, -0.2) is 53.4 Å². The number of Topliss-reactive ketones (excluding diaryl/α,β-unsaturated/α-hetero) is 1. The lowest BCUT2D eigenvalue weighted by molar-refractivity contribution is -0.130. The molecule has 31 heavy (non-hydrogen) atoms. The van der Waals surface area contributed by atoms with Crippen molar-refractivity contribution in [2.75, 3.05) is 31.6 Å². The van der Waals surface area contributed by atoms with Gasteiger partial charge in [0.15, 0.2) is 0 Å². The Labute approximate surface area is 180 Å². The fourth-order valence-corrected chi connectivity index (χ4v) is 3.99. The quantitative estimate of drug-likeness (QED) is 0.509. The number of hydrogen-bond acceptors (Lipinski definition) is 4. The van der Waals surface area contributed by atoms with Gasteiger partial charge in [0.25, 0.3) is 11.7 Å². The summed E-state index contributed by atoms with van der Waals surface area (Å²) < 4.78 is 6.98. The van der Waals surface area contributed by atoms with Crippen LogP contribution >= 0.6 is 0 Å². The molecule has 1 saturated heterocycles. The van der Waals surface area contributed by atoms with E-state index in [1.807, 2.05) is 50.2 Å². The Bertz CT molecular complexity index is 1140. The third-order valence-corrected chi connectivity index (χ3v) is 5.35. The molecular weight excluding hydrogens is 394 g/mol. The number of carbonyl (C=O) groups excluding carboxylic acids is 3. The highest BCUT2D eigenvalue weighted by atomic mass is 16.5. The van der Waals surface area contributed by atoms with Gasteiger partial charge in [-0.05, 0) is 43.2 Å². The minimum atomic E-state index is -0.563. The molecule has 0 saturated carbocycles. The Morgan fingerprint density at radius 1 is 1.00 bits per heavy atom. The normalized spacial score (nSPS) is 13.9. The van der Waals surface area contributed by atoms with E-state index < -0.39 is 11.7 Å². The number of carbonyl (C=O) groups is 3.